The van der Waals surface area contributed by atoms with E-state index in [4.69, 9.17) is 0 Å². The molecular formula is C13H12N2O3. The van der Waals surface area contributed by atoms with E-state index in [1.807, 2.05) is 0 Å². The average Bonchev–Trinajstić information content (AvgIpc) is 2.88. The van der Waals surface area contributed by atoms with Crippen LogP contribution in [0.4, 0.5) is 0 Å². The minimum atomic E-state index is -0.255. The van der Waals surface area contributed by atoms with E-state index in [9.17, 15) is 14.4 Å². The van der Waals surface area contributed by atoms with Crippen molar-refractivity contribution in [1.29, 1.82) is 0 Å². The van der Waals surface area contributed by atoms with Gasteiger partial charge in [-0.05, 0) is 12.1 Å². The van der Waals surface area contributed by atoms with Gasteiger partial charge < -0.3 is 5.32 Å². The van der Waals surface area contributed by atoms with Crippen molar-refractivity contribution in [2.45, 2.75) is 6.42 Å². The molecular weight excluding hydrogens is 232 g/mol. The lowest BCUT2D eigenvalue weighted by Crippen LogP contribution is -2.35. The Morgan fingerprint density at radius 1 is 1.11 bits per heavy atom. The van der Waals surface area contributed by atoms with Gasteiger partial charge in [0.1, 0.15) is 0 Å². The van der Waals surface area contributed by atoms with Gasteiger partial charge in [-0.3, -0.25) is 19.3 Å². The molecule has 2 heterocycles. The molecule has 1 fully saturated rings. The van der Waals surface area contributed by atoms with Gasteiger partial charge in [-0.1, -0.05) is 12.1 Å². The highest BCUT2D eigenvalue weighted by Gasteiger charge is 2.37. The number of fused-ring (bicyclic) bond motifs is 1. The van der Waals surface area contributed by atoms with Crippen LogP contribution in [0.1, 0.15) is 27.1 Å². The maximum atomic E-state index is 12.1. The fraction of sp³-hybridized carbons (Fsp3) is 0.308. The predicted octanol–water partition coefficient (Wildman–Crippen LogP) is 0.419. The molecule has 92 valence electrons. The number of nitrogens with one attached hydrogen (secondary N) is 1. The van der Waals surface area contributed by atoms with E-state index in [0.717, 1.165) is 0 Å². The highest BCUT2D eigenvalue weighted by Crippen LogP contribution is 2.24. The number of carbonyl (C=O) groups is 3. The standard InChI is InChI=1S/C13H12N2O3/c16-11-5-8(6-14-11)7-15-12(17)9-3-1-2-4-10(9)13(15)18/h1-4,8H,5-7H2,(H,14,16)/t8-/m1/s1. The molecule has 2 aliphatic rings. The van der Waals surface area contributed by atoms with E-state index in [2.05, 4.69) is 5.32 Å². The van der Waals surface area contributed by atoms with E-state index < -0.39 is 0 Å². The van der Waals surface area contributed by atoms with Crippen LogP contribution in [-0.4, -0.2) is 35.7 Å². The summed E-state index contributed by atoms with van der Waals surface area (Å²) < 4.78 is 0. The summed E-state index contributed by atoms with van der Waals surface area (Å²) >= 11 is 0. The van der Waals surface area contributed by atoms with Crippen LogP contribution in [0.3, 0.4) is 0 Å². The number of carbonyl (C=O) groups excluding carboxylic acids is 3. The van der Waals surface area contributed by atoms with Gasteiger partial charge in [0.15, 0.2) is 0 Å². The highest BCUT2D eigenvalue weighted by atomic mass is 16.2. The van der Waals surface area contributed by atoms with Crippen LogP contribution >= 0.6 is 0 Å². The number of rotatable bonds is 2. The Morgan fingerprint density at radius 3 is 2.22 bits per heavy atom. The van der Waals surface area contributed by atoms with Gasteiger partial charge in [-0.15, -0.1) is 0 Å². The molecule has 1 N–H and O–H groups in total. The highest BCUT2D eigenvalue weighted by molar-refractivity contribution is 6.21. The van der Waals surface area contributed by atoms with Gasteiger partial charge in [0, 0.05) is 25.4 Å². The molecule has 3 rings (SSSR count). The van der Waals surface area contributed by atoms with Crippen LogP contribution in [0.15, 0.2) is 24.3 Å². The van der Waals surface area contributed by atoms with E-state index >= 15 is 0 Å². The summed E-state index contributed by atoms with van der Waals surface area (Å²) in [5, 5.41) is 2.71. The average molecular weight is 244 g/mol. The van der Waals surface area contributed by atoms with Crippen LogP contribution in [0.5, 0.6) is 0 Å². The molecule has 1 saturated heterocycles. The molecule has 5 nitrogen and oxygen atoms in total. The number of hydrogen-bond donors (Lipinski definition) is 1. The Kier molecular flexibility index (Phi) is 2.40. The molecule has 0 aromatic heterocycles. The lowest BCUT2D eigenvalue weighted by Gasteiger charge is -2.17. The molecule has 5 heteroatoms. The zero-order chi connectivity index (χ0) is 12.7. The van der Waals surface area contributed by atoms with Crippen molar-refractivity contribution in [3.8, 4) is 0 Å². The van der Waals surface area contributed by atoms with Gasteiger partial charge in [0.25, 0.3) is 11.8 Å². The predicted molar refractivity (Wildman–Crippen MR) is 62.9 cm³/mol. The zero-order valence-corrected chi connectivity index (χ0v) is 9.68. The lowest BCUT2D eigenvalue weighted by atomic mass is 10.1. The summed E-state index contributed by atoms with van der Waals surface area (Å²) in [6, 6.07) is 6.81. The zero-order valence-electron chi connectivity index (χ0n) is 9.68. The topological polar surface area (TPSA) is 66.5 Å². The smallest absolute Gasteiger partial charge is 0.261 e. The largest absolute Gasteiger partial charge is 0.356 e. The van der Waals surface area contributed by atoms with Crippen molar-refractivity contribution >= 4 is 17.7 Å². The summed E-state index contributed by atoms with van der Waals surface area (Å²) in [6.45, 7) is 0.845. The van der Waals surface area contributed by atoms with E-state index in [0.29, 0.717) is 30.6 Å². The first-order valence-electron chi connectivity index (χ1n) is 5.89. The molecule has 0 unspecified atom stereocenters. The Hall–Kier alpha value is -2.17. The Labute approximate surface area is 104 Å². The number of imide groups is 1. The van der Waals surface area contributed by atoms with Crippen LogP contribution in [0.25, 0.3) is 0 Å². The van der Waals surface area contributed by atoms with Crippen molar-refractivity contribution in [3.05, 3.63) is 35.4 Å². The summed E-state index contributed by atoms with van der Waals surface area (Å²) in [5.41, 5.74) is 0.916. The van der Waals surface area contributed by atoms with E-state index in [1.165, 1.54) is 4.90 Å². The molecule has 1 atom stereocenters. The third-order valence-electron chi connectivity index (χ3n) is 3.38. The monoisotopic (exact) mass is 244 g/mol. The molecule has 0 spiro atoms. The molecule has 2 aliphatic heterocycles. The minimum absolute atomic E-state index is 0.0170. The molecule has 0 bridgehead atoms. The van der Waals surface area contributed by atoms with Crippen LogP contribution in [0, 0.1) is 5.92 Å². The van der Waals surface area contributed by atoms with Crippen molar-refractivity contribution in [3.63, 3.8) is 0 Å². The van der Waals surface area contributed by atoms with Crippen molar-refractivity contribution in [2.75, 3.05) is 13.1 Å². The van der Waals surface area contributed by atoms with Crippen molar-refractivity contribution < 1.29 is 14.4 Å². The third kappa shape index (κ3) is 1.59. The molecule has 18 heavy (non-hydrogen) atoms. The fourth-order valence-corrected chi connectivity index (χ4v) is 2.46. The van der Waals surface area contributed by atoms with Crippen molar-refractivity contribution in [1.82, 2.24) is 10.2 Å². The second kappa shape index (κ2) is 3.94. The maximum Gasteiger partial charge on any atom is 0.261 e. The number of amides is 3. The Morgan fingerprint density at radius 2 is 1.72 bits per heavy atom. The van der Waals surface area contributed by atoms with Crippen LogP contribution in [0.2, 0.25) is 0 Å². The lowest BCUT2D eigenvalue weighted by molar-refractivity contribution is -0.119. The van der Waals surface area contributed by atoms with Gasteiger partial charge in [-0.25, -0.2) is 0 Å². The van der Waals surface area contributed by atoms with Crippen LogP contribution in [-0.2, 0) is 4.79 Å². The van der Waals surface area contributed by atoms with E-state index in [1.54, 1.807) is 24.3 Å². The molecule has 0 aliphatic carbocycles. The number of hydrogen-bond acceptors (Lipinski definition) is 3. The molecule has 1 aromatic rings. The van der Waals surface area contributed by atoms with E-state index in [-0.39, 0.29) is 23.6 Å². The number of benzene rings is 1. The summed E-state index contributed by atoms with van der Waals surface area (Å²) in [6.07, 6.45) is 0.382. The normalized spacial score (nSPS) is 22.3. The quantitative estimate of drug-likeness (QED) is 0.767. The molecule has 3 amide bonds. The Bertz CT molecular complexity index is 518. The van der Waals surface area contributed by atoms with Gasteiger partial charge in [0.05, 0.1) is 11.1 Å². The molecule has 0 saturated carbocycles. The van der Waals surface area contributed by atoms with Crippen LogP contribution < -0.4 is 5.32 Å². The molecule has 1 aromatic carbocycles. The fourth-order valence-electron chi connectivity index (χ4n) is 2.46. The first-order valence-corrected chi connectivity index (χ1v) is 5.89. The summed E-state index contributed by atoms with van der Waals surface area (Å²) in [7, 11) is 0. The minimum Gasteiger partial charge on any atom is -0.356 e. The SMILES string of the molecule is O=C1C[C@@H](CN2C(=O)c3ccccc3C2=O)CN1. The van der Waals surface area contributed by atoms with Crippen molar-refractivity contribution in [2.24, 2.45) is 5.92 Å². The second-order valence-corrected chi connectivity index (χ2v) is 4.64. The van der Waals surface area contributed by atoms with Gasteiger partial charge >= 0.3 is 0 Å². The van der Waals surface area contributed by atoms with Gasteiger partial charge in [0.2, 0.25) is 5.91 Å². The molecule has 0 radical (unpaired) electrons. The third-order valence-corrected chi connectivity index (χ3v) is 3.38. The first-order chi connectivity index (χ1) is 8.66. The Balaban J connectivity index is 1.82. The first kappa shape index (κ1) is 11.0. The summed E-state index contributed by atoms with van der Waals surface area (Å²) in [5.74, 6) is -0.499. The van der Waals surface area contributed by atoms with Gasteiger partial charge in [-0.2, -0.15) is 0 Å². The maximum absolute atomic E-state index is 12.1. The second-order valence-electron chi connectivity index (χ2n) is 4.64. The summed E-state index contributed by atoms with van der Waals surface area (Å²) in [4.78, 5) is 36.5. The number of nitrogens with zero attached hydrogens (tertiary/aromatic N) is 1.